The first-order chi connectivity index (χ1) is 8.83. The fraction of sp³-hybridized carbons (Fsp3) is 0.429. The lowest BCUT2D eigenvalue weighted by atomic mass is 10.1. The third kappa shape index (κ3) is 4.95. The molecule has 2 amide bonds. The van der Waals surface area contributed by atoms with E-state index in [1.165, 1.54) is 33.1 Å². The number of nitrogens with one attached hydrogen (secondary N) is 1. The molecule has 0 aromatic heterocycles. The molecule has 0 heterocycles. The Bertz CT molecular complexity index is 449. The lowest BCUT2D eigenvalue weighted by molar-refractivity contribution is -0.115. The number of benzene rings is 1. The van der Waals surface area contributed by atoms with Crippen molar-refractivity contribution in [2.75, 3.05) is 0 Å². The molecule has 1 aromatic carbocycles. The van der Waals surface area contributed by atoms with E-state index in [-0.39, 0.29) is 0 Å². The summed E-state index contributed by atoms with van der Waals surface area (Å²) >= 11 is 3.54. The van der Waals surface area contributed by atoms with E-state index in [1.807, 2.05) is 0 Å². The Hall–Kier alpha value is -1.49. The molecule has 0 fully saturated rings. The van der Waals surface area contributed by atoms with E-state index in [9.17, 15) is 9.59 Å². The van der Waals surface area contributed by atoms with Crippen LogP contribution in [0, 0.1) is 0 Å². The molecule has 5 heteroatoms. The Morgan fingerprint density at radius 1 is 1.21 bits per heavy atom. The van der Waals surface area contributed by atoms with Gasteiger partial charge in [0.15, 0.2) is 0 Å². The molecular weight excluding hydrogens is 260 g/mol. The molecule has 1 aliphatic rings. The third-order valence-electron chi connectivity index (χ3n) is 2.98. The van der Waals surface area contributed by atoms with Crippen LogP contribution in [-0.2, 0) is 17.6 Å². The number of hydrogen-bond acceptors (Lipinski definition) is 2. The lowest BCUT2D eigenvalue weighted by Gasteiger charge is -2.20. The maximum atomic E-state index is 10.6. The van der Waals surface area contributed by atoms with Crippen LogP contribution in [-0.4, -0.2) is 16.7 Å². The van der Waals surface area contributed by atoms with Gasteiger partial charge in [0.1, 0.15) is 5.54 Å². The number of nitrogens with two attached hydrogens (primary N) is 1. The summed E-state index contributed by atoms with van der Waals surface area (Å²) < 4.78 is 0. The average molecular weight is 280 g/mol. The van der Waals surface area contributed by atoms with E-state index in [2.05, 4.69) is 42.2 Å². The van der Waals surface area contributed by atoms with Gasteiger partial charge in [-0.25, -0.2) is 4.79 Å². The van der Waals surface area contributed by atoms with E-state index in [0.717, 1.165) is 0 Å². The molecule has 3 N–H and O–H groups in total. The van der Waals surface area contributed by atoms with Crippen molar-refractivity contribution in [3.8, 4) is 0 Å². The highest BCUT2D eigenvalue weighted by atomic mass is 32.1. The number of carbonyl (C=O) groups excluding carboxylic acids is 2. The van der Waals surface area contributed by atoms with Gasteiger partial charge < -0.3 is 11.1 Å². The summed E-state index contributed by atoms with van der Waals surface area (Å²) in [6.45, 7) is 3.04. The Labute approximate surface area is 119 Å². The van der Waals surface area contributed by atoms with Crippen molar-refractivity contribution in [2.24, 2.45) is 5.73 Å². The maximum Gasteiger partial charge on any atom is 0.312 e. The van der Waals surface area contributed by atoms with Crippen LogP contribution in [0.4, 0.5) is 4.79 Å². The van der Waals surface area contributed by atoms with Crippen molar-refractivity contribution in [3.63, 3.8) is 0 Å². The van der Waals surface area contributed by atoms with Gasteiger partial charge in [0.25, 0.3) is 0 Å². The largest absolute Gasteiger partial charge is 0.352 e. The zero-order chi connectivity index (χ0) is 14.5. The van der Waals surface area contributed by atoms with Crippen molar-refractivity contribution in [2.45, 2.75) is 38.6 Å². The Kier molecular flexibility index (Phi) is 5.42. The van der Waals surface area contributed by atoms with Gasteiger partial charge in [-0.15, -0.1) is 12.6 Å². The first-order valence-electron chi connectivity index (χ1n) is 6.20. The molecule has 0 saturated heterocycles. The summed E-state index contributed by atoms with van der Waals surface area (Å²) in [5.41, 5.74) is 6.94. The molecule has 1 aromatic rings. The van der Waals surface area contributed by atoms with Crippen LogP contribution in [0.25, 0.3) is 0 Å². The molecule has 0 unspecified atom stereocenters. The fourth-order valence-corrected chi connectivity index (χ4v) is 1.93. The Balaban J connectivity index is 0.000000190. The molecule has 0 atom stereocenters. The molecule has 0 bridgehead atoms. The highest BCUT2D eigenvalue weighted by Gasteiger charge is 2.25. The summed E-state index contributed by atoms with van der Waals surface area (Å²) in [6.07, 6.45) is 3.96. The van der Waals surface area contributed by atoms with Gasteiger partial charge in [-0.05, 0) is 44.2 Å². The molecule has 0 saturated carbocycles. The number of aryl methyl sites for hydroxylation is 2. The molecule has 4 nitrogen and oxygen atoms in total. The molecule has 0 radical (unpaired) electrons. The second-order valence-corrected chi connectivity index (χ2v) is 5.45. The quantitative estimate of drug-likeness (QED) is 0.726. The number of urea groups is 1. The number of thiol groups is 1. The second-order valence-electron chi connectivity index (χ2n) is 5.04. The summed E-state index contributed by atoms with van der Waals surface area (Å²) in [4.78, 5) is 20.8. The highest BCUT2D eigenvalue weighted by molar-refractivity contribution is 7.96. The van der Waals surface area contributed by atoms with Crippen LogP contribution in [0.3, 0.4) is 0 Å². The molecule has 0 aliphatic heterocycles. The van der Waals surface area contributed by atoms with E-state index >= 15 is 0 Å². The number of primary amides is 1. The zero-order valence-electron chi connectivity index (χ0n) is 11.3. The number of hydrogen-bond donors (Lipinski definition) is 3. The van der Waals surface area contributed by atoms with E-state index in [4.69, 9.17) is 5.73 Å². The van der Waals surface area contributed by atoms with Crippen molar-refractivity contribution in [1.82, 2.24) is 5.32 Å². The van der Waals surface area contributed by atoms with Crippen LogP contribution in [0.1, 0.15) is 31.4 Å². The number of amides is 2. The molecule has 2 rings (SSSR count). The van der Waals surface area contributed by atoms with Crippen molar-refractivity contribution >= 4 is 23.8 Å². The van der Waals surface area contributed by atoms with Gasteiger partial charge in [-0.1, -0.05) is 24.3 Å². The molecule has 1 aliphatic carbocycles. The summed E-state index contributed by atoms with van der Waals surface area (Å²) in [7, 11) is 0. The van der Waals surface area contributed by atoms with Crippen LogP contribution < -0.4 is 11.1 Å². The highest BCUT2D eigenvalue weighted by Crippen LogP contribution is 2.20. The van der Waals surface area contributed by atoms with Gasteiger partial charge in [0.2, 0.25) is 5.12 Å². The standard InChI is InChI=1S/C9H10.C5H10N2O2S/c1-2-5-9-7-3-6-8(9)4-1;1-5(2,3(8)10)7-4(6)9/h1-2,4-5H,3,6-7H2;1-2H3,(H,8,10)(H3,6,7,9). The summed E-state index contributed by atoms with van der Waals surface area (Å²) in [6, 6.07) is 8.01. The van der Waals surface area contributed by atoms with Crippen molar-refractivity contribution in [1.29, 1.82) is 0 Å². The van der Waals surface area contributed by atoms with Crippen molar-refractivity contribution in [3.05, 3.63) is 35.4 Å². The van der Waals surface area contributed by atoms with E-state index in [0.29, 0.717) is 0 Å². The maximum absolute atomic E-state index is 10.6. The Morgan fingerprint density at radius 3 is 2.00 bits per heavy atom. The van der Waals surface area contributed by atoms with Gasteiger partial charge >= 0.3 is 6.03 Å². The number of carbonyl (C=O) groups is 2. The first kappa shape index (κ1) is 15.6. The fourth-order valence-electron chi connectivity index (χ4n) is 1.88. The average Bonchev–Trinajstić information content (AvgIpc) is 2.75. The number of rotatable bonds is 2. The molecule has 0 spiro atoms. The van der Waals surface area contributed by atoms with E-state index in [1.54, 1.807) is 11.1 Å². The zero-order valence-corrected chi connectivity index (χ0v) is 12.2. The smallest absolute Gasteiger partial charge is 0.312 e. The van der Waals surface area contributed by atoms with E-state index < -0.39 is 16.7 Å². The van der Waals surface area contributed by atoms with Crippen LogP contribution in [0.5, 0.6) is 0 Å². The monoisotopic (exact) mass is 280 g/mol. The Morgan fingerprint density at radius 2 is 1.68 bits per heavy atom. The predicted octanol–water partition coefficient (Wildman–Crippen LogP) is 2.06. The van der Waals surface area contributed by atoms with Gasteiger partial charge in [-0.3, -0.25) is 4.79 Å². The van der Waals surface area contributed by atoms with Gasteiger partial charge in [-0.2, -0.15) is 0 Å². The van der Waals surface area contributed by atoms with Crippen LogP contribution in [0.15, 0.2) is 24.3 Å². The number of fused-ring (bicyclic) bond motifs is 1. The van der Waals surface area contributed by atoms with Gasteiger partial charge in [0.05, 0.1) is 0 Å². The topological polar surface area (TPSA) is 72.2 Å². The minimum atomic E-state index is -0.977. The van der Waals surface area contributed by atoms with Crippen molar-refractivity contribution < 1.29 is 9.59 Å². The van der Waals surface area contributed by atoms with Gasteiger partial charge in [0, 0.05) is 0 Å². The normalized spacial score (nSPS) is 13.0. The van der Waals surface area contributed by atoms with Crippen LogP contribution in [0.2, 0.25) is 0 Å². The molecule has 104 valence electrons. The molecule has 19 heavy (non-hydrogen) atoms. The summed E-state index contributed by atoms with van der Waals surface area (Å²) in [5, 5.41) is 1.81. The first-order valence-corrected chi connectivity index (χ1v) is 6.65. The minimum Gasteiger partial charge on any atom is -0.352 e. The summed E-state index contributed by atoms with van der Waals surface area (Å²) in [5.74, 6) is 0. The lowest BCUT2D eigenvalue weighted by Crippen LogP contribution is -2.50. The van der Waals surface area contributed by atoms with Crippen LogP contribution >= 0.6 is 12.6 Å². The third-order valence-corrected chi connectivity index (χ3v) is 3.54. The second kappa shape index (κ2) is 6.61. The minimum absolute atomic E-state index is 0.425. The SMILES string of the molecule is CC(C)(NC(N)=O)C(=O)S.c1ccc2c(c1)CCC2. The molecular formula is C14H20N2O2S. The predicted molar refractivity (Wildman–Crippen MR) is 79.3 cm³/mol.